The van der Waals surface area contributed by atoms with Gasteiger partial charge in [0.25, 0.3) is 0 Å². The van der Waals surface area contributed by atoms with Crippen LogP contribution in [0.5, 0.6) is 5.75 Å². The minimum absolute atomic E-state index is 0.0903. The molecule has 3 aromatic rings. The number of benzene rings is 1. The van der Waals surface area contributed by atoms with Gasteiger partial charge in [-0.15, -0.1) is 0 Å². The molecule has 1 atom stereocenters. The first-order valence-electron chi connectivity index (χ1n) is 9.44. The van der Waals surface area contributed by atoms with Gasteiger partial charge in [0.2, 0.25) is 0 Å². The second-order valence-electron chi connectivity index (χ2n) is 6.21. The Morgan fingerprint density at radius 1 is 1.21 bits per heavy atom. The van der Waals surface area contributed by atoms with Gasteiger partial charge >= 0.3 is 0 Å². The lowest BCUT2D eigenvalue weighted by atomic mass is 10.1. The van der Waals surface area contributed by atoms with E-state index in [1.54, 1.807) is 18.6 Å². The summed E-state index contributed by atoms with van der Waals surface area (Å²) in [6.07, 6.45) is 7.13. The molecule has 0 fully saturated rings. The van der Waals surface area contributed by atoms with Crippen molar-refractivity contribution in [3.8, 4) is 11.4 Å². The maximum absolute atomic E-state index is 5.65. The standard InChI is InChI=1S/C21H26N6O/c1-3-23-21(24-12-14-28-20-9-5-10-22-16-20)26-17(2)18-7-4-8-19(15-18)27-13-6-11-25-27/h4-11,13,15-17H,3,12,14H2,1-2H3,(H2,23,24,26). The van der Waals surface area contributed by atoms with E-state index in [0.29, 0.717) is 13.2 Å². The lowest BCUT2D eigenvalue weighted by Gasteiger charge is -2.19. The van der Waals surface area contributed by atoms with Gasteiger partial charge in [-0.05, 0) is 49.7 Å². The molecule has 1 aromatic carbocycles. The molecule has 1 unspecified atom stereocenters. The first-order valence-corrected chi connectivity index (χ1v) is 9.44. The van der Waals surface area contributed by atoms with E-state index < -0.39 is 0 Å². The van der Waals surface area contributed by atoms with Crippen LogP contribution in [0.1, 0.15) is 25.5 Å². The van der Waals surface area contributed by atoms with Gasteiger partial charge in [-0.3, -0.25) is 4.98 Å². The third-order valence-electron chi connectivity index (χ3n) is 4.10. The maximum atomic E-state index is 5.65. The average molecular weight is 378 g/mol. The average Bonchev–Trinajstić information content (AvgIpc) is 3.27. The first-order chi connectivity index (χ1) is 13.8. The van der Waals surface area contributed by atoms with Crippen molar-refractivity contribution in [3.63, 3.8) is 0 Å². The Morgan fingerprint density at radius 3 is 2.89 bits per heavy atom. The molecule has 0 aliphatic rings. The molecule has 0 radical (unpaired) electrons. The van der Waals surface area contributed by atoms with Crippen LogP contribution in [0.25, 0.3) is 5.69 Å². The fourth-order valence-electron chi connectivity index (χ4n) is 2.72. The van der Waals surface area contributed by atoms with Crippen LogP contribution in [0.3, 0.4) is 0 Å². The van der Waals surface area contributed by atoms with E-state index >= 15 is 0 Å². The molecule has 0 saturated heterocycles. The Balaban J connectivity index is 1.59. The van der Waals surface area contributed by atoms with Gasteiger partial charge in [0, 0.05) is 25.1 Å². The van der Waals surface area contributed by atoms with Crippen molar-refractivity contribution in [2.75, 3.05) is 19.7 Å². The van der Waals surface area contributed by atoms with Crippen molar-refractivity contribution in [3.05, 3.63) is 72.8 Å². The van der Waals surface area contributed by atoms with E-state index in [4.69, 9.17) is 4.74 Å². The normalized spacial score (nSPS) is 12.4. The summed E-state index contributed by atoms with van der Waals surface area (Å²) in [5.74, 6) is 1.51. The Hall–Kier alpha value is -3.35. The number of guanidine groups is 1. The lowest BCUT2D eigenvalue weighted by molar-refractivity contribution is 0.327. The van der Waals surface area contributed by atoms with Crippen LogP contribution < -0.4 is 15.4 Å². The molecule has 0 bridgehead atoms. The number of hydrogen-bond donors (Lipinski definition) is 2. The molecule has 2 N–H and O–H groups in total. The van der Waals surface area contributed by atoms with Crippen molar-refractivity contribution < 1.29 is 4.74 Å². The maximum Gasteiger partial charge on any atom is 0.191 e. The first kappa shape index (κ1) is 19.4. The van der Waals surface area contributed by atoms with Crippen LogP contribution in [0.2, 0.25) is 0 Å². The number of nitrogens with zero attached hydrogens (tertiary/aromatic N) is 4. The molecule has 146 valence electrons. The van der Waals surface area contributed by atoms with E-state index in [1.807, 2.05) is 48.1 Å². The Kier molecular flexibility index (Phi) is 7.01. The highest BCUT2D eigenvalue weighted by molar-refractivity contribution is 5.80. The van der Waals surface area contributed by atoms with Gasteiger partial charge in [-0.25, -0.2) is 9.67 Å². The zero-order chi connectivity index (χ0) is 19.6. The molecule has 28 heavy (non-hydrogen) atoms. The second-order valence-corrected chi connectivity index (χ2v) is 6.21. The molecule has 0 spiro atoms. The van der Waals surface area contributed by atoms with Gasteiger partial charge in [0.05, 0.1) is 24.5 Å². The highest BCUT2D eigenvalue weighted by Gasteiger charge is 2.09. The fourth-order valence-corrected chi connectivity index (χ4v) is 2.72. The number of aliphatic imine (C=N–C) groups is 1. The predicted molar refractivity (Wildman–Crippen MR) is 111 cm³/mol. The number of ether oxygens (including phenoxy) is 1. The monoisotopic (exact) mass is 378 g/mol. The van der Waals surface area contributed by atoms with E-state index in [-0.39, 0.29) is 6.04 Å². The summed E-state index contributed by atoms with van der Waals surface area (Å²) in [5, 5.41) is 11.0. The van der Waals surface area contributed by atoms with Crippen molar-refractivity contribution >= 4 is 5.96 Å². The van der Waals surface area contributed by atoms with Gasteiger partial charge in [-0.1, -0.05) is 12.1 Å². The van der Waals surface area contributed by atoms with Crippen LogP contribution in [0.4, 0.5) is 0 Å². The van der Waals surface area contributed by atoms with Crippen LogP contribution in [0.15, 0.2) is 72.2 Å². The minimum atomic E-state index is 0.0903. The van der Waals surface area contributed by atoms with Crippen LogP contribution >= 0.6 is 0 Å². The third-order valence-corrected chi connectivity index (χ3v) is 4.10. The number of aromatic nitrogens is 3. The van der Waals surface area contributed by atoms with E-state index in [9.17, 15) is 0 Å². The van der Waals surface area contributed by atoms with Gasteiger partial charge < -0.3 is 15.4 Å². The molecule has 3 rings (SSSR count). The SMILES string of the molecule is CCNC(=NCCOc1cccnc1)NC(C)c1cccc(-n2cccn2)c1. The second kappa shape index (κ2) is 10.1. The largest absolute Gasteiger partial charge is 0.490 e. The van der Waals surface area contributed by atoms with Gasteiger partial charge in [0.15, 0.2) is 5.96 Å². The molecular formula is C21H26N6O. The summed E-state index contributed by atoms with van der Waals surface area (Å²) < 4.78 is 7.50. The van der Waals surface area contributed by atoms with Crippen LogP contribution in [0, 0.1) is 0 Å². The Labute approximate surface area is 165 Å². The molecule has 2 heterocycles. The Bertz CT molecular complexity index is 864. The molecule has 7 nitrogen and oxygen atoms in total. The zero-order valence-corrected chi connectivity index (χ0v) is 16.2. The number of rotatable bonds is 8. The minimum Gasteiger partial charge on any atom is -0.490 e. The molecule has 0 saturated carbocycles. The highest BCUT2D eigenvalue weighted by atomic mass is 16.5. The van der Waals surface area contributed by atoms with Crippen molar-refractivity contribution in [2.24, 2.45) is 4.99 Å². The van der Waals surface area contributed by atoms with Crippen molar-refractivity contribution in [2.45, 2.75) is 19.9 Å². The summed E-state index contributed by atoms with van der Waals surface area (Å²) in [4.78, 5) is 8.63. The molecule has 0 aliphatic heterocycles. The van der Waals surface area contributed by atoms with Crippen molar-refractivity contribution in [1.29, 1.82) is 0 Å². The molecule has 0 aliphatic carbocycles. The summed E-state index contributed by atoms with van der Waals surface area (Å²) in [6, 6.07) is 14.0. The smallest absolute Gasteiger partial charge is 0.191 e. The summed E-state index contributed by atoms with van der Waals surface area (Å²) in [6.45, 7) is 5.98. The third kappa shape index (κ3) is 5.57. The predicted octanol–water partition coefficient (Wildman–Crippen LogP) is 2.96. The van der Waals surface area contributed by atoms with Gasteiger partial charge in [-0.2, -0.15) is 5.10 Å². The van der Waals surface area contributed by atoms with E-state index in [0.717, 1.165) is 29.5 Å². The molecule has 7 heteroatoms. The van der Waals surface area contributed by atoms with Gasteiger partial charge in [0.1, 0.15) is 12.4 Å². The Morgan fingerprint density at radius 2 is 2.14 bits per heavy atom. The quantitative estimate of drug-likeness (QED) is 0.358. The van der Waals surface area contributed by atoms with E-state index in [1.165, 1.54) is 0 Å². The van der Waals surface area contributed by atoms with E-state index in [2.05, 4.69) is 44.8 Å². The highest BCUT2D eigenvalue weighted by Crippen LogP contribution is 2.16. The fraction of sp³-hybridized carbons (Fsp3) is 0.286. The number of hydrogen-bond acceptors (Lipinski definition) is 4. The zero-order valence-electron chi connectivity index (χ0n) is 16.2. The summed E-state index contributed by atoms with van der Waals surface area (Å²) >= 11 is 0. The van der Waals surface area contributed by atoms with Crippen LogP contribution in [-0.2, 0) is 0 Å². The topological polar surface area (TPSA) is 76.4 Å². The molecular weight excluding hydrogens is 352 g/mol. The van der Waals surface area contributed by atoms with Crippen molar-refractivity contribution in [1.82, 2.24) is 25.4 Å². The van der Waals surface area contributed by atoms with Crippen LogP contribution in [-0.4, -0.2) is 40.4 Å². The summed E-state index contributed by atoms with van der Waals surface area (Å²) in [5.41, 5.74) is 2.19. The number of pyridine rings is 1. The molecule has 2 aromatic heterocycles. The summed E-state index contributed by atoms with van der Waals surface area (Å²) in [7, 11) is 0. The molecule has 0 amide bonds. The number of nitrogens with one attached hydrogen (secondary N) is 2. The lowest BCUT2D eigenvalue weighted by Crippen LogP contribution is -2.39.